The van der Waals surface area contributed by atoms with Crippen LogP contribution in [0.1, 0.15) is 10.4 Å². The van der Waals surface area contributed by atoms with Crippen molar-refractivity contribution in [2.45, 2.75) is 0 Å². The molecule has 0 spiro atoms. The summed E-state index contributed by atoms with van der Waals surface area (Å²) < 4.78 is 16.5. The molecule has 1 aromatic carbocycles. The standard InChI is InChI=1S/C7H3ClFNO4/c8-14-7(11)4-1-5(9)3-6(2-4)10(12)13/h1-3H. The average molecular weight is 220 g/mol. The van der Waals surface area contributed by atoms with Crippen molar-refractivity contribution in [1.82, 2.24) is 0 Å². The first-order chi connectivity index (χ1) is 6.54. The molecule has 0 saturated heterocycles. The van der Waals surface area contributed by atoms with Crippen LogP contribution < -0.4 is 0 Å². The number of non-ortho nitro benzene ring substituents is 1. The van der Waals surface area contributed by atoms with Gasteiger partial charge in [-0.25, -0.2) is 9.18 Å². The SMILES string of the molecule is O=C(OCl)c1cc(F)cc([N+](=O)[O-])c1. The van der Waals surface area contributed by atoms with E-state index in [0.717, 1.165) is 12.1 Å². The molecule has 0 amide bonds. The summed E-state index contributed by atoms with van der Waals surface area (Å²) in [5, 5.41) is 10.3. The van der Waals surface area contributed by atoms with Crippen LogP contribution in [0.3, 0.4) is 0 Å². The van der Waals surface area contributed by atoms with Crippen LogP contribution in [0.2, 0.25) is 0 Å². The molecule has 1 aromatic rings. The van der Waals surface area contributed by atoms with Crippen molar-refractivity contribution in [3.63, 3.8) is 0 Å². The van der Waals surface area contributed by atoms with E-state index in [9.17, 15) is 19.3 Å². The third-order valence-electron chi connectivity index (χ3n) is 1.40. The topological polar surface area (TPSA) is 69.4 Å². The van der Waals surface area contributed by atoms with Gasteiger partial charge in [-0.05, 0) is 6.07 Å². The van der Waals surface area contributed by atoms with Gasteiger partial charge >= 0.3 is 5.97 Å². The van der Waals surface area contributed by atoms with E-state index >= 15 is 0 Å². The molecule has 0 heterocycles. The van der Waals surface area contributed by atoms with E-state index in [1.54, 1.807) is 0 Å². The minimum atomic E-state index is -1.05. The number of carbonyl (C=O) groups is 1. The van der Waals surface area contributed by atoms with Crippen molar-refractivity contribution in [1.29, 1.82) is 0 Å². The van der Waals surface area contributed by atoms with Gasteiger partial charge in [-0.1, -0.05) is 0 Å². The van der Waals surface area contributed by atoms with E-state index < -0.39 is 22.4 Å². The fourth-order valence-electron chi connectivity index (χ4n) is 0.842. The van der Waals surface area contributed by atoms with E-state index in [-0.39, 0.29) is 5.56 Å². The second-order valence-corrected chi connectivity index (χ2v) is 2.47. The first kappa shape index (κ1) is 10.4. The summed E-state index contributed by atoms with van der Waals surface area (Å²) in [6, 6.07) is 2.34. The molecule has 0 aliphatic carbocycles. The maximum Gasteiger partial charge on any atom is 0.356 e. The number of nitro benzene ring substituents is 1. The number of nitrogens with zero attached hydrogens (tertiary/aromatic N) is 1. The van der Waals surface area contributed by atoms with Crippen LogP contribution in [0, 0.1) is 15.9 Å². The van der Waals surface area contributed by atoms with Crippen molar-refractivity contribution < 1.29 is 18.4 Å². The number of hydrogen-bond donors (Lipinski definition) is 0. The number of benzene rings is 1. The van der Waals surface area contributed by atoms with E-state index in [1.165, 1.54) is 0 Å². The molecule has 0 aromatic heterocycles. The molecule has 1 rings (SSSR count). The number of halogens is 2. The summed E-state index contributed by atoms with van der Waals surface area (Å²) in [5.41, 5.74) is -0.853. The van der Waals surface area contributed by atoms with Crippen LogP contribution in [0.15, 0.2) is 18.2 Å². The van der Waals surface area contributed by atoms with Crippen molar-refractivity contribution in [3.05, 3.63) is 39.7 Å². The van der Waals surface area contributed by atoms with Crippen LogP contribution >= 0.6 is 11.9 Å². The fourth-order valence-corrected chi connectivity index (χ4v) is 0.931. The monoisotopic (exact) mass is 219 g/mol. The Kier molecular flexibility index (Phi) is 2.98. The van der Waals surface area contributed by atoms with E-state index in [4.69, 9.17) is 11.9 Å². The number of rotatable bonds is 2. The molecular formula is C7H3ClFNO4. The summed E-state index contributed by atoms with van der Waals surface area (Å²) in [5.74, 6) is -1.95. The zero-order chi connectivity index (χ0) is 10.7. The fraction of sp³-hybridized carbons (Fsp3) is 0. The Labute approximate surface area is 82.4 Å². The molecule has 7 heteroatoms. The van der Waals surface area contributed by atoms with Gasteiger partial charge in [0, 0.05) is 6.07 Å². The molecule has 0 N–H and O–H groups in total. The lowest BCUT2D eigenvalue weighted by molar-refractivity contribution is -0.385. The Morgan fingerprint density at radius 1 is 1.50 bits per heavy atom. The van der Waals surface area contributed by atoms with Gasteiger partial charge in [-0.3, -0.25) is 10.1 Å². The summed E-state index contributed by atoms with van der Waals surface area (Å²) in [6.07, 6.45) is 0. The Balaban J connectivity index is 3.20. The average Bonchev–Trinajstić information content (AvgIpc) is 2.15. The molecule has 0 bridgehead atoms. The Bertz CT molecular complexity index is 395. The number of carbonyl (C=O) groups excluding carboxylic acids is 1. The maximum absolute atomic E-state index is 12.7. The highest BCUT2D eigenvalue weighted by Crippen LogP contribution is 2.17. The first-order valence-electron chi connectivity index (χ1n) is 3.32. The smallest absolute Gasteiger partial charge is 0.343 e. The lowest BCUT2D eigenvalue weighted by atomic mass is 10.2. The molecule has 0 atom stereocenters. The summed E-state index contributed by atoms with van der Waals surface area (Å²) in [7, 11) is 0. The van der Waals surface area contributed by atoms with Gasteiger partial charge in [0.2, 0.25) is 0 Å². The lowest BCUT2D eigenvalue weighted by Gasteiger charge is -1.97. The molecule has 14 heavy (non-hydrogen) atoms. The first-order valence-corrected chi connectivity index (χ1v) is 3.63. The molecular weight excluding hydrogens is 217 g/mol. The van der Waals surface area contributed by atoms with Gasteiger partial charge in [0.25, 0.3) is 5.69 Å². The predicted octanol–water partition coefficient (Wildman–Crippen LogP) is 2.04. The highest BCUT2D eigenvalue weighted by molar-refractivity contribution is 6.15. The van der Waals surface area contributed by atoms with Crippen LogP contribution in [0.25, 0.3) is 0 Å². The quantitative estimate of drug-likeness (QED) is 0.564. The molecule has 5 nitrogen and oxygen atoms in total. The second-order valence-electron chi connectivity index (χ2n) is 2.32. The zero-order valence-corrected chi connectivity index (χ0v) is 7.32. The largest absolute Gasteiger partial charge is 0.356 e. The third kappa shape index (κ3) is 2.17. The molecule has 74 valence electrons. The second kappa shape index (κ2) is 4.01. The van der Waals surface area contributed by atoms with Crippen LogP contribution in [-0.2, 0) is 4.29 Å². The highest BCUT2D eigenvalue weighted by atomic mass is 35.5. The lowest BCUT2D eigenvalue weighted by Crippen LogP contribution is -2.00. The molecule has 0 aliphatic heterocycles. The Hall–Kier alpha value is -1.69. The van der Waals surface area contributed by atoms with Crippen molar-refractivity contribution in [2.75, 3.05) is 0 Å². The number of nitro groups is 1. The summed E-state index contributed by atoms with van der Waals surface area (Å²) in [6.45, 7) is 0. The van der Waals surface area contributed by atoms with Crippen molar-refractivity contribution in [2.24, 2.45) is 0 Å². The minimum absolute atomic E-state index is 0.313. The van der Waals surface area contributed by atoms with Gasteiger partial charge in [-0.2, -0.15) is 0 Å². The zero-order valence-electron chi connectivity index (χ0n) is 6.57. The van der Waals surface area contributed by atoms with Crippen LogP contribution in [0.5, 0.6) is 0 Å². The van der Waals surface area contributed by atoms with E-state index in [0.29, 0.717) is 6.07 Å². The maximum atomic E-state index is 12.7. The van der Waals surface area contributed by atoms with Crippen molar-refractivity contribution in [3.8, 4) is 0 Å². The van der Waals surface area contributed by atoms with Gasteiger partial charge in [0.05, 0.1) is 16.6 Å². The van der Waals surface area contributed by atoms with Gasteiger partial charge < -0.3 is 4.29 Å². The van der Waals surface area contributed by atoms with E-state index in [2.05, 4.69) is 4.29 Å². The molecule has 0 fully saturated rings. The molecule has 0 unspecified atom stereocenters. The molecule has 0 aliphatic rings. The van der Waals surface area contributed by atoms with Crippen molar-refractivity contribution >= 4 is 23.5 Å². The van der Waals surface area contributed by atoms with E-state index in [1.807, 2.05) is 0 Å². The molecule has 0 saturated carbocycles. The van der Waals surface area contributed by atoms with Gasteiger partial charge in [0.1, 0.15) is 17.7 Å². The van der Waals surface area contributed by atoms with Crippen LogP contribution in [0.4, 0.5) is 10.1 Å². The summed E-state index contributed by atoms with van der Waals surface area (Å²) >= 11 is 4.73. The third-order valence-corrected chi connectivity index (χ3v) is 1.54. The van der Waals surface area contributed by atoms with Gasteiger partial charge in [-0.15, -0.1) is 0 Å². The summed E-state index contributed by atoms with van der Waals surface area (Å²) in [4.78, 5) is 20.2. The Morgan fingerprint density at radius 2 is 2.14 bits per heavy atom. The number of hydrogen-bond acceptors (Lipinski definition) is 4. The predicted molar refractivity (Wildman–Crippen MR) is 44.3 cm³/mol. The highest BCUT2D eigenvalue weighted by Gasteiger charge is 2.15. The normalized spacial score (nSPS) is 9.57. The molecule has 0 radical (unpaired) electrons. The van der Waals surface area contributed by atoms with Gasteiger partial charge in [0.15, 0.2) is 0 Å². The minimum Gasteiger partial charge on any atom is -0.343 e. The Morgan fingerprint density at radius 3 is 2.64 bits per heavy atom. The van der Waals surface area contributed by atoms with Crippen LogP contribution in [-0.4, -0.2) is 10.9 Å².